The maximum Gasteiger partial charge on any atom is 0.119 e. The molecular formula is C29H26N2O. The molecule has 0 N–H and O–H groups in total. The number of nitrogens with zero attached hydrogens (tertiary/aromatic N) is 2. The van der Waals surface area contributed by atoms with E-state index in [2.05, 4.69) is 102 Å². The van der Waals surface area contributed by atoms with Crippen LogP contribution in [0.15, 0.2) is 114 Å². The summed E-state index contributed by atoms with van der Waals surface area (Å²) in [6.45, 7) is 2.68. The number of ether oxygens (including phenoxy) is 1. The van der Waals surface area contributed by atoms with Gasteiger partial charge in [-0.2, -0.15) is 5.10 Å². The number of anilines is 1. The highest BCUT2D eigenvalue weighted by atomic mass is 16.5. The van der Waals surface area contributed by atoms with Gasteiger partial charge in [0.1, 0.15) is 5.75 Å². The Kier molecular flexibility index (Phi) is 5.71. The van der Waals surface area contributed by atoms with Gasteiger partial charge in [-0.05, 0) is 53.4 Å². The number of hydrogen-bond acceptors (Lipinski definition) is 3. The van der Waals surface area contributed by atoms with Gasteiger partial charge in [0.15, 0.2) is 0 Å². The molecule has 0 saturated carbocycles. The fraction of sp³-hybridized carbons (Fsp3) is 0.138. The molecule has 1 aliphatic heterocycles. The predicted molar refractivity (Wildman–Crippen MR) is 132 cm³/mol. The zero-order valence-electron chi connectivity index (χ0n) is 18.2. The van der Waals surface area contributed by atoms with Crippen molar-refractivity contribution in [3.05, 3.63) is 120 Å². The fourth-order valence-corrected chi connectivity index (χ4v) is 4.20. The molecule has 4 aromatic carbocycles. The van der Waals surface area contributed by atoms with E-state index in [1.54, 1.807) is 0 Å². The minimum atomic E-state index is 0.150. The van der Waals surface area contributed by atoms with Crippen LogP contribution in [-0.2, 0) is 0 Å². The van der Waals surface area contributed by atoms with Crippen LogP contribution in [0.25, 0.3) is 11.1 Å². The average Bonchev–Trinajstić information content (AvgIpc) is 3.31. The zero-order valence-corrected chi connectivity index (χ0v) is 18.2. The molecule has 1 atom stereocenters. The molecule has 1 aliphatic rings. The van der Waals surface area contributed by atoms with Crippen molar-refractivity contribution in [3.8, 4) is 16.9 Å². The van der Waals surface area contributed by atoms with Crippen molar-refractivity contribution >= 4 is 11.4 Å². The molecule has 0 saturated heterocycles. The summed E-state index contributed by atoms with van der Waals surface area (Å²) < 4.78 is 5.63. The van der Waals surface area contributed by atoms with E-state index in [0.29, 0.717) is 6.61 Å². The first-order valence-corrected chi connectivity index (χ1v) is 11.1. The summed E-state index contributed by atoms with van der Waals surface area (Å²) in [4.78, 5) is 0. The van der Waals surface area contributed by atoms with Crippen molar-refractivity contribution in [2.24, 2.45) is 5.10 Å². The minimum Gasteiger partial charge on any atom is -0.494 e. The molecule has 0 bridgehead atoms. The van der Waals surface area contributed by atoms with Crippen LogP contribution in [-0.4, -0.2) is 12.3 Å². The van der Waals surface area contributed by atoms with Crippen LogP contribution in [0.3, 0.4) is 0 Å². The third-order valence-electron chi connectivity index (χ3n) is 5.83. The molecular weight excluding hydrogens is 392 g/mol. The molecule has 5 rings (SSSR count). The molecule has 4 aromatic rings. The maximum atomic E-state index is 5.63. The largest absolute Gasteiger partial charge is 0.494 e. The Bertz CT molecular complexity index is 1180. The molecule has 0 aliphatic carbocycles. The zero-order chi connectivity index (χ0) is 21.8. The number of para-hydroxylation sites is 1. The van der Waals surface area contributed by atoms with Gasteiger partial charge in [0.2, 0.25) is 0 Å². The summed E-state index contributed by atoms with van der Waals surface area (Å²) >= 11 is 0. The van der Waals surface area contributed by atoms with Crippen molar-refractivity contribution in [2.75, 3.05) is 11.6 Å². The topological polar surface area (TPSA) is 24.8 Å². The van der Waals surface area contributed by atoms with Crippen LogP contribution < -0.4 is 9.75 Å². The second-order valence-electron chi connectivity index (χ2n) is 7.89. The lowest BCUT2D eigenvalue weighted by Gasteiger charge is -2.24. The van der Waals surface area contributed by atoms with Crippen molar-refractivity contribution in [1.29, 1.82) is 0 Å². The lowest BCUT2D eigenvalue weighted by Crippen LogP contribution is -2.18. The number of hydrazone groups is 1. The van der Waals surface area contributed by atoms with E-state index in [1.807, 2.05) is 19.1 Å². The molecule has 1 heterocycles. The molecule has 0 spiro atoms. The third kappa shape index (κ3) is 4.15. The van der Waals surface area contributed by atoms with Crippen LogP contribution >= 0.6 is 0 Å². The fourth-order valence-electron chi connectivity index (χ4n) is 4.20. The van der Waals surface area contributed by atoms with Crippen molar-refractivity contribution in [1.82, 2.24) is 0 Å². The highest BCUT2D eigenvalue weighted by Crippen LogP contribution is 2.37. The van der Waals surface area contributed by atoms with Gasteiger partial charge in [-0.15, -0.1) is 0 Å². The molecule has 0 radical (unpaired) electrons. The van der Waals surface area contributed by atoms with E-state index in [0.717, 1.165) is 23.6 Å². The highest BCUT2D eigenvalue weighted by molar-refractivity contribution is 6.03. The van der Waals surface area contributed by atoms with Crippen LogP contribution in [0.5, 0.6) is 5.75 Å². The molecule has 1 unspecified atom stereocenters. The van der Waals surface area contributed by atoms with Crippen LogP contribution in [0.2, 0.25) is 0 Å². The maximum absolute atomic E-state index is 5.63. The van der Waals surface area contributed by atoms with E-state index in [4.69, 9.17) is 9.84 Å². The van der Waals surface area contributed by atoms with Gasteiger partial charge < -0.3 is 4.74 Å². The van der Waals surface area contributed by atoms with Gasteiger partial charge >= 0.3 is 0 Å². The summed E-state index contributed by atoms with van der Waals surface area (Å²) in [5.41, 5.74) is 7.05. The predicted octanol–water partition coefficient (Wildman–Crippen LogP) is 7.11. The molecule has 0 aromatic heterocycles. The monoisotopic (exact) mass is 418 g/mol. The van der Waals surface area contributed by atoms with E-state index < -0.39 is 0 Å². The van der Waals surface area contributed by atoms with Gasteiger partial charge in [0.05, 0.1) is 24.0 Å². The molecule has 32 heavy (non-hydrogen) atoms. The first-order chi connectivity index (χ1) is 15.8. The van der Waals surface area contributed by atoms with E-state index in [-0.39, 0.29) is 6.04 Å². The quantitative estimate of drug-likeness (QED) is 0.333. The third-order valence-corrected chi connectivity index (χ3v) is 5.83. The Balaban J connectivity index is 1.45. The van der Waals surface area contributed by atoms with E-state index in [1.165, 1.54) is 22.3 Å². The van der Waals surface area contributed by atoms with Gasteiger partial charge in [0, 0.05) is 6.42 Å². The SMILES string of the molecule is CCOc1ccc(C2CC(c3ccc(-c4ccccc4)cc3)=NN2c2ccccc2)cc1. The summed E-state index contributed by atoms with van der Waals surface area (Å²) in [5.74, 6) is 0.901. The minimum absolute atomic E-state index is 0.150. The molecule has 0 amide bonds. The number of benzene rings is 4. The van der Waals surface area contributed by atoms with Crippen molar-refractivity contribution in [2.45, 2.75) is 19.4 Å². The smallest absolute Gasteiger partial charge is 0.119 e. The van der Waals surface area contributed by atoms with Crippen molar-refractivity contribution in [3.63, 3.8) is 0 Å². The van der Waals surface area contributed by atoms with E-state index in [9.17, 15) is 0 Å². The normalized spacial score (nSPS) is 15.5. The summed E-state index contributed by atoms with van der Waals surface area (Å²) in [7, 11) is 0. The Hall–Kier alpha value is -3.85. The summed E-state index contributed by atoms with van der Waals surface area (Å²) in [5, 5.41) is 7.22. The lowest BCUT2D eigenvalue weighted by molar-refractivity contribution is 0.340. The molecule has 158 valence electrons. The van der Waals surface area contributed by atoms with Crippen LogP contribution in [0.4, 0.5) is 5.69 Å². The Morgan fingerprint density at radius 3 is 1.97 bits per heavy atom. The van der Waals surface area contributed by atoms with Gasteiger partial charge in [-0.3, -0.25) is 5.01 Å². The van der Waals surface area contributed by atoms with Crippen molar-refractivity contribution < 1.29 is 4.74 Å². The van der Waals surface area contributed by atoms with E-state index >= 15 is 0 Å². The first-order valence-electron chi connectivity index (χ1n) is 11.1. The second kappa shape index (κ2) is 9.11. The summed E-state index contributed by atoms with van der Waals surface area (Å²) in [6.07, 6.45) is 0.855. The Morgan fingerprint density at radius 1 is 0.719 bits per heavy atom. The first kappa shape index (κ1) is 20.1. The molecule has 0 fully saturated rings. The highest BCUT2D eigenvalue weighted by Gasteiger charge is 2.29. The Labute approximate surface area is 189 Å². The standard InChI is InChI=1S/C29H26N2O/c1-2-32-27-19-17-25(18-20-27)29-21-28(30-31(29)26-11-7-4-8-12-26)24-15-13-23(14-16-24)22-9-5-3-6-10-22/h3-20,29H,2,21H2,1H3. The van der Waals surface area contributed by atoms with Crippen LogP contribution in [0, 0.1) is 0 Å². The molecule has 3 nitrogen and oxygen atoms in total. The Morgan fingerprint density at radius 2 is 1.31 bits per heavy atom. The lowest BCUT2D eigenvalue weighted by atomic mass is 9.96. The average molecular weight is 419 g/mol. The summed E-state index contributed by atoms with van der Waals surface area (Å²) in [6, 6.07) is 38.2. The second-order valence-corrected chi connectivity index (χ2v) is 7.89. The van der Waals surface area contributed by atoms with Crippen LogP contribution in [0.1, 0.15) is 30.5 Å². The molecule has 3 heteroatoms. The van der Waals surface area contributed by atoms with Gasteiger partial charge in [-0.25, -0.2) is 0 Å². The number of hydrogen-bond donors (Lipinski definition) is 0. The van der Waals surface area contributed by atoms with Gasteiger partial charge in [-0.1, -0.05) is 84.9 Å². The number of rotatable bonds is 6. The van der Waals surface area contributed by atoms with Gasteiger partial charge in [0.25, 0.3) is 0 Å².